The van der Waals surface area contributed by atoms with Gasteiger partial charge in [0.25, 0.3) is 25.7 Å². The van der Waals surface area contributed by atoms with E-state index in [0.717, 1.165) is 11.1 Å². The van der Waals surface area contributed by atoms with E-state index in [9.17, 15) is 37.1 Å². The lowest BCUT2D eigenvalue weighted by Crippen LogP contribution is -2.16. The zero-order valence-electron chi connectivity index (χ0n) is 19.9. The Balaban J connectivity index is 1.96. The lowest BCUT2D eigenvalue weighted by Gasteiger charge is -2.15. The first-order valence-electron chi connectivity index (χ1n) is 10.9. The molecule has 0 aromatic heterocycles. The number of hydrogen-bond acceptors (Lipinski definition) is 8. The minimum atomic E-state index is -4.37. The highest BCUT2D eigenvalue weighted by Gasteiger charge is 2.31. The van der Waals surface area contributed by atoms with Crippen LogP contribution in [0.1, 0.15) is 11.1 Å². The van der Waals surface area contributed by atoms with Crippen LogP contribution < -0.4 is 9.44 Å². The highest BCUT2D eigenvalue weighted by Crippen LogP contribution is 2.43. The summed E-state index contributed by atoms with van der Waals surface area (Å²) in [6.45, 7) is 3.52. The Kier molecular flexibility index (Phi) is 6.78. The van der Waals surface area contributed by atoms with Crippen molar-refractivity contribution in [3.8, 4) is 0 Å². The molecular formula is C24H20N4O8S2. The molecule has 0 fully saturated rings. The topological polar surface area (TPSA) is 179 Å². The third-order valence-corrected chi connectivity index (χ3v) is 8.40. The minimum absolute atomic E-state index is 0.120. The summed E-state index contributed by atoms with van der Waals surface area (Å²) in [5.74, 6) is 0. The van der Waals surface area contributed by atoms with Gasteiger partial charge in [0.1, 0.15) is 5.69 Å². The van der Waals surface area contributed by atoms with E-state index in [1.54, 1.807) is 26.0 Å². The monoisotopic (exact) mass is 556 g/mol. The van der Waals surface area contributed by atoms with Crippen molar-refractivity contribution < 1.29 is 26.7 Å². The predicted molar refractivity (Wildman–Crippen MR) is 141 cm³/mol. The Morgan fingerprint density at radius 3 is 1.61 bits per heavy atom. The summed E-state index contributed by atoms with van der Waals surface area (Å²) in [6, 6.07) is 15.9. The van der Waals surface area contributed by atoms with Crippen LogP contribution in [-0.2, 0) is 20.0 Å². The Hall–Kier alpha value is -4.56. The number of aryl methyl sites for hydroxylation is 2. The molecule has 0 aliphatic rings. The number of benzene rings is 4. The molecule has 12 nitrogen and oxygen atoms in total. The SMILES string of the molecule is Cc1ccc(S(=O)(=O)Nc2c([N+](=O)[O-])cc([N+](=O)[O-])c3c(NS(=O)(=O)c4ccc(C)cc4)cccc23)cc1. The quantitative estimate of drug-likeness (QED) is 0.228. The number of nitrogens with one attached hydrogen (secondary N) is 2. The number of anilines is 2. The lowest BCUT2D eigenvalue weighted by molar-refractivity contribution is -0.392. The van der Waals surface area contributed by atoms with Crippen molar-refractivity contribution in [3.63, 3.8) is 0 Å². The van der Waals surface area contributed by atoms with Crippen molar-refractivity contribution in [1.29, 1.82) is 0 Å². The number of fused-ring (bicyclic) bond motifs is 1. The summed E-state index contributed by atoms with van der Waals surface area (Å²) in [5.41, 5.74) is -0.887. The van der Waals surface area contributed by atoms with Gasteiger partial charge in [0, 0.05) is 5.39 Å². The molecule has 0 radical (unpaired) electrons. The molecule has 0 heterocycles. The molecule has 0 unspecified atom stereocenters. The van der Waals surface area contributed by atoms with Gasteiger partial charge in [-0.1, -0.05) is 47.5 Å². The average molecular weight is 557 g/mol. The van der Waals surface area contributed by atoms with Crippen LogP contribution in [0.4, 0.5) is 22.7 Å². The molecule has 4 rings (SSSR count). The first kappa shape index (κ1) is 26.5. The van der Waals surface area contributed by atoms with Crippen molar-refractivity contribution in [1.82, 2.24) is 0 Å². The third-order valence-electron chi connectivity index (χ3n) is 5.66. The Bertz CT molecular complexity index is 1800. The van der Waals surface area contributed by atoms with Crippen molar-refractivity contribution in [2.75, 3.05) is 9.44 Å². The number of rotatable bonds is 8. The molecule has 2 N–H and O–H groups in total. The van der Waals surface area contributed by atoms with E-state index in [2.05, 4.69) is 9.44 Å². The molecule has 0 aliphatic carbocycles. The van der Waals surface area contributed by atoms with E-state index in [0.29, 0.717) is 6.07 Å². The molecule has 0 aliphatic heterocycles. The fourth-order valence-electron chi connectivity index (χ4n) is 3.76. The third kappa shape index (κ3) is 5.12. The summed E-state index contributed by atoms with van der Waals surface area (Å²) < 4.78 is 56.7. The Morgan fingerprint density at radius 1 is 0.658 bits per heavy atom. The van der Waals surface area contributed by atoms with Crippen LogP contribution >= 0.6 is 0 Å². The van der Waals surface area contributed by atoms with Gasteiger partial charge in [-0.2, -0.15) is 0 Å². The molecule has 0 atom stereocenters. The Morgan fingerprint density at radius 2 is 1.13 bits per heavy atom. The smallest absolute Gasteiger partial charge is 0.279 e. The first-order valence-corrected chi connectivity index (χ1v) is 13.8. The minimum Gasteiger partial charge on any atom is -0.279 e. The maximum Gasteiger partial charge on any atom is 0.300 e. The van der Waals surface area contributed by atoms with Gasteiger partial charge in [0.05, 0.1) is 36.8 Å². The number of non-ortho nitro benzene ring substituents is 1. The van der Waals surface area contributed by atoms with Gasteiger partial charge in [0.2, 0.25) is 0 Å². The molecule has 14 heteroatoms. The van der Waals surface area contributed by atoms with Crippen LogP contribution in [0.3, 0.4) is 0 Å². The average Bonchev–Trinajstić information content (AvgIpc) is 2.84. The number of nitro groups is 2. The Labute approximate surface area is 217 Å². The second-order valence-electron chi connectivity index (χ2n) is 8.37. The van der Waals surface area contributed by atoms with Gasteiger partial charge in [-0.25, -0.2) is 16.8 Å². The maximum atomic E-state index is 13.1. The molecule has 0 spiro atoms. The summed E-state index contributed by atoms with van der Waals surface area (Å²) in [6.07, 6.45) is 0. The van der Waals surface area contributed by atoms with Crippen LogP contribution in [-0.4, -0.2) is 26.7 Å². The zero-order valence-corrected chi connectivity index (χ0v) is 21.5. The van der Waals surface area contributed by atoms with Crippen molar-refractivity contribution >= 4 is 53.6 Å². The van der Waals surface area contributed by atoms with Crippen molar-refractivity contribution in [2.24, 2.45) is 0 Å². The fraction of sp³-hybridized carbons (Fsp3) is 0.0833. The van der Waals surface area contributed by atoms with E-state index in [1.165, 1.54) is 54.6 Å². The summed E-state index contributed by atoms with van der Waals surface area (Å²) in [4.78, 5) is 21.6. The molecule has 196 valence electrons. The maximum absolute atomic E-state index is 13.1. The highest BCUT2D eigenvalue weighted by molar-refractivity contribution is 7.93. The second-order valence-corrected chi connectivity index (χ2v) is 11.7. The van der Waals surface area contributed by atoms with Gasteiger partial charge >= 0.3 is 5.69 Å². The zero-order chi connectivity index (χ0) is 27.8. The molecule has 0 bridgehead atoms. The second kappa shape index (κ2) is 9.72. The molecule has 0 saturated carbocycles. The van der Waals surface area contributed by atoms with Crippen LogP contribution in [0.15, 0.2) is 82.6 Å². The highest BCUT2D eigenvalue weighted by atomic mass is 32.2. The summed E-state index contributed by atoms with van der Waals surface area (Å²) in [7, 11) is -8.60. The van der Waals surface area contributed by atoms with E-state index >= 15 is 0 Å². The number of sulfonamides is 2. The van der Waals surface area contributed by atoms with Crippen LogP contribution in [0.2, 0.25) is 0 Å². The largest absolute Gasteiger partial charge is 0.300 e. The van der Waals surface area contributed by atoms with Crippen LogP contribution in [0.5, 0.6) is 0 Å². The van der Waals surface area contributed by atoms with Crippen LogP contribution in [0, 0.1) is 34.1 Å². The summed E-state index contributed by atoms with van der Waals surface area (Å²) >= 11 is 0. The molecule has 38 heavy (non-hydrogen) atoms. The number of nitrogens with zero attached hydrogens (tertiary/aromatic N) is 2. The molecular weight excluding hydrogens is 536 g/mol. The lowest BCUT2D eigenvalue weighted by atomic mass is 10.0. The fourth-order valence-corrected chi connectivity index (χ4v) is 5.93. The van der Waals surface area contributed by atoms with Gasteiger partial charge in [-0.05, 0) is 44.2 Å². The molecule has 4 aromatic carbocycles. The van der Waals surface area contributed by atoms with Crippen molar-refractivity contribution in [3.05, 3.63) is 104 Å². The number of nitro benzene ring substituents is 2. The van der Waals surface area contributed by atoms with Crippen molar-refractivity contribution in [2.45, 2.75) is 23.6 Å². The van der Waals surface area contributed by atoms with E-state index in [4.69, 9.17) is 0 Å². The first-order chi connectivity index (χ1) is 17.8. The van der Waals surface area contributed by atoms with E-state index in [1.807, 2.05) is 0 Å². The van der Waals surface area contributed by atoms with Gasteiger partial charge < -0.3 is 0 Å². The van der Waals surface area contributed by atoms with Crippen LogP contribution in [0.25, 0.3) is 10.8 Å². The summed E-state index contributed by atoms with van der Waals surface area (Å²) in [5, 5.41) is 23.2. The van der Waals surface area contributed by atoms with E-state index < -0.39 is 47.0 Å². The molecule has 0 saturated heterocycles. The van der Waals surface area contributed by atoms with Gasteiger partial charge in [0.15, 0.2) is 0 Å². The standard InChI is InChI=1S/C24H20N4O8S2/c1-15-6-10-17(11-7-15)37(33,34)25-20-5-3-4-19-23(20)21(27(29)30)14-22(28(31)32)24(19)26-38(35,36)18-12-8-16(2)9-13-18/h3-14,25-26H,1-2H3. The van der Waals surface area contributed by atoms with Gasteiger partial charge in [-0.3, -0.25) is 29.7 Å². The number of hydrogen-bond donors (Lipinski definition) is 2. The van der Waals surface area contributed by atoms with Gasteiger partial charge in [-0.15, -0.1) is 0 Å². The normalized spacial score (nSPS) is 11.7. The molecule has 0 amide bonds. The van der Waals surface area contributed by atoms with E-state index in [-0.39, 0.29) is 26.3 Å². The molecule has 4 aromatic rings. The predicted octanol–water partition coefficient (Wildman–Crippen LogP) is 4.87.